The second-order valence-electron chi connectivity index (χ2n) is 8.70. The molecule has 4 nitrogen and oxygen atoms in total. The Morgan fingerprint density at radius 3 is 2.56 bits per heavy atom. The zero-order chi connectivity index (χ0) is 23.8. The third-order valence-corrected chi connectivity index (χ3v) is 5.59. The molecule has 2 aromatic rings. The summed E-state index contributed by atoms with van der Waals surface area (Å²) in [5.74, 6) is -0.891. The first-order chi connectivity index (χ1) is 15.1. The number of hydrogen-bond donors (Lipinski definition) is 2. The summed E-state index contributed by atoms with van der Waals surface area (Å²) in [6.45, 7) is 17.2. The summed E-state index contributed by atoms with van der Waals surface area (Å²) < 4.78 is 14.0. The summed E-state index contributed by atoms with van der Waals surface area (Å²) in [5.41, 5.74) is 6.91. The highest BCUT2D eigenvalue weighted by Crippen LogP contribution is 2.31. The number of aliphatic imine (C=N–C) groups is 1. The van der Waals surface area contributed by atoms with Gasteiger partial charge in [-0.15, -0.1) is 0 Å². The standard InChI is InChI=1S/C27H38FN3O/c1-8-22-14-27(32)26(28)15-25(22)24-11-10-23(18(3)12-24)13-19(4)30-21(6)17-31(7)16-20(5)29-9-2/h10-12,14-15,20,29,32H,6,8-9,13,16-17H2,1-5,7H3. The zero-order valence-corrected chi connectivity index (χ0v) is 20.4. The Morgan fingerprint density at radius 2 is 1.94 bits per heavy atom. The van der Waals surface area contributed by atoms with Gasteiger partial charge in [0.25, 0.3) is 0 Å². The van der Waals surface area contributed by atoms with Crippen molar-refractivity contribution in [3.63, 3.8) is 0 Å². The van der Waals surface area contributed by atoms with E-state index in [4.69, 9.17) is 4.99 Å². The number of aryl methyl sites for hydroxylation is 2. The fourth-order valence-electron chi connectivity index (χ4n) is 4.11. The van der Waals surface area contributed by atoms with Crippen LogP contribution in [0.15, 0.2) is 47.6 Å². The highest BCUT2D eigenvalue weighted by Gasteiger charge is 2.12. The summed E-state index contributed by atoms with van der Waals surface area (Å²) in [4.78, 5) is 6.95. The van der Waals surface area contributed by atoms with Gasteiger partial charge in [-0.05, 0) is 80.7 Å². The number of phenols is 1. The molecule has 0 heterocycles. The maximum Gasteiger partial charge on any atom is 0.165 e. The summed E-state index contributed by atoms with van der Waals surface area (Å²) in [7, 11) is 2.09. The average Bonchev–Trinajstić information content (AvgIpc) is 2.70. The van der Waals surface area contributed by atoms with Crippen molar-refractivity contribution < 1.29 is 9.50 Å². The van der Waals surface area contributed by atoms with Gasteiger partial charge in [0.05, 0.1) is 0 Å². The second-order valence-corrected chi connectivity index (χ2v) is 8.70. The highest BCUT2D eigenvalue weighted by molar-refractivity contribution is 5.85. The van der Waals surface area contributed by atoms with E-state index in [0.717, 1.165) is 66.1 Å². The van der Waals surface area contributed by atoms with Gasteiger partial charge >= 0.3 is 0 Å². The lowest BCUT2D eigenvalue weighted by molar-refractivity contribution is 0.319. The molecule has 0 fully saturated rings. The zero-order valence-electron chi connectivity index (χ0n) is 20.4. The minimum atomic E-state index is -0.592. The Labute approximate surface area is 192 Å². The number of hydrogen-bond acceptors (Lipinski definition) is 4. The van der Waals surface area contributed by atoms with Crippen molar-refractivity contribution in [3.05, 3.63) is 65.1 Å². The third-order valence-electron chi connectivity index (χ3n) is 5.59. The van der Waals surface area contributed by atoms with Crippen molar-refractivity contribution in [1.82, 2.24) is 10.2 Å². The van der Waals surface area contributed by atoms with Crippen molar-refractivity contribution in [2.75, 3.05) is 26.7 Å². The monoisotopic (exact) mass is 439 g/mol. The van der Waals surface area contributed by atoms with Gasteiger partial charge in [0.15, 0.2) is 11.6 Å². The summed E-state index contributed by atoms with van der Waals surface area (Å²) in [5, 5.41) is 13.1. The van der Waals surface area contributed by atoms with Crippen LogP contribution in [0.2, 0.25) is 0 Å². The quantitative estimate of drug-likeness (QED) is 0.454. The second kappa shape index (κ2) is 11.9. The molecular weight excluding hydrogens is 401 g/mol. The number of phenolic OH excluding ortho intramolecular Hbond substituents is 1. The average molecular weight is 440 g/mol. The third kappa shape index (κ3) is 7.28. The van der Waals surface area contributed by atoms with Crippen LogP contribution >= 0.6 is 0 Å². The molecular formula is C27H38FN3O. The van der Waals surface area contributed by atoms with Crippen molar-refractivity contribution in [2.45, 2.75) is 53.5 Å². The number of nitrogens with one attached hydrogen (secondary N) is 1. The molecule has 0 aliphatic rings. The molecule has 0 radical (unpaired) electrons. The number of rotatable bonds is 11. The Kier molecular flexibility index (Phi) is 9.60. The molecule has 0 saturated carbocycles. The normalized spacial score (nSPS) is 12.9. The number of likely N-dealkylation sites (N-methyl/N-ethyl adjacent to an activating group) is 2. The van der Waals surface area contributed by atoms with Crippen molar-refractivity contribution in [1.29, 1.82) is 0 Å². The van der Waals surface area contributed by atoms with Gasteiger partial charge in [-0.25, -0.2) is 4.39 Å². The van der Waals surface area contributed by atoms with E-state index in [9.17, 15) is 9.50 Å². The van der Waals surface area contributed by atoms with Crippen LogP contribution in [-0.4, -0.2) is 48.4 Å². The van der Waals surface area contributed by atoms with Gasteiger partial charge in [0, 0.05) is 37.0 Å². The van der Waals surface area contributed by atoms with Gasteiger partial charge < -0.3 is 10.4 Å². The molecule has 0 aromatic heterocycles. The van der Waals surface area contributed by atoms with Crippen LogP contribution in [0, 0.1) is 12.7 Å². The molecule has 1 unspecified atom stereocenters. The van der Waals surface area contributed by atoms with E-state index in [1.807, 2.05) is 19.9 Å². The Hall–Kier alpha value is -2.50. The Morgan fingerprint density at radius 1 is 1.22 bits per heavy atom. The molecule has 0 bridgehead atoms. The van der Waals surface area contributed by atoms with Gasteiger partial charge in [0.1, 0.15) is 0 Å². The molecule has 0 spiro atoms. The smallest absolute Gasteiger partial charge is 0.165 e. The fourth-order valence-corrected chi connectivity index (χ4v) is 4.11. The van der Waals surface area contributed by atoms with Crippen LogP contribution < -0.4 is 5.32 Å². The predicted molar refractivity (Wildman–Crippen MR) is 134 cm³/mol. The van der Waals surface area contributed by atoms with Gasteiger partial charge in [-0.3, -0.25) is 9.89 Å². The van der Waals surface area contributed by atoms with Crippen LogP contribution in [0.25, 0.3) is 11.1 Å². The predicted octanol–water partition coefficient (Wildman–Crippen LogP) is 5.52. The minimum absolute atomic E-state index is 0.298. The van der Waals surface area contributed by atoms with Crippen LogP contribution in [0.3, 0.4) is 0 Å². The van der Waals surface area contributed by atoms with Crippen LogP contribution in [0.1, 0.15) is 44.4 Å². The first-order valence-corrected chi connectivity index (χ1v) is 11.4. The molecule has 0 amide bonds. The maximum absolute atomic E-state index is 14.0. The lowest BCUT2D eigenvalue weighted by atomic mass is 9.93. The fraction of sp³-hybridized carbons (Fsp3) is 0.444. The Bertz CT molecular complexity index is 968. The molecule has 2 aromatic carbocycles. The largest absolute Gasteiger partial charge is 0.505 e. The number of halogens is 1. The van der Waals surface area contributed by atoms with E-state index in [1.165, 1.54) is 17.7 Å². The van der Waals surface area contributed by atoms with E-state index >= 15 is 0 Å². The number of aromatic hydroxyl groups is 1. The number of nitrogens with zero attached hydrogens (tertiary/aromatic N) is 2. The van der Waals surface area contributed by atoms with Crippen molar-refractivity contribution in [3.8, 4) is 16.9 Å². The van der Waals surface area contributed by atoms with Crippen LogP contribution in [0.5, 0.6) is 5.75 Å². The minimum Gasteiger partial charge on any atom is -0.505 e. The molecule has 0 aliphatic carbocycles. The van der Waals surface area contributed by atoms with Crippen LogP contribution in [-0.2, 0) is 12.8 Å². The summed E-state index contributed by atoms with van der Waals surface area (Å²) in [6, 6.07) is 9.56. The van der Waals surface area contributed by atoms with E-state index in [2.05, 4.69) is 56.7 Å². The van der Waals surface area contributed by atoms with Gasteiger partial charge in [0.2, 0.25) is 0 Å². The molecule has 2 N–H and O–H groups in total. The van der Waals surface area contributed by atoms with Crippen LogP contribution in [0.4, 0.5) is 4.39 Å². The van der Waals surface area contributed by atoms with Gasteiger partial charge in [-0.1, -0.05) is 38.6 Å². The Balaban J connectivity index is 2.09. The van der Waals surface area contributed by atoms with Crippen molar-refractivity contribution in [2.24, 2.45) is 4.99 Å². The van der Waals surface area contributed by atoms with E-state index in [-0.39, 0.29) is 5.75 Å². The molecule has 0 aliphatic heterocycles. The molecule has 5 heteroatoms. The van der Waals surface area contributed by atoms with E-state index in [1.54, 1.807) is 0 Å². The first kappa shape index (κ1) is 25.8. The molecule has 174 valence electrons. The molecule has 1 atom stereocenters. The molecule has 32 heavy (non-hydrogen) atoms. The van der Waals surface area contributed by atoms with E-state index in [0.29, 0.717) is 6.04 Å². The maximum atomic E-state index is 14.0. The highest BCUT2D eigenvalue weighted by atomic mass is 19.1. The molecule has 2 rings (SSSR count). The number of benzene rings is 2. The summed E-state index contributed by atoms with van der Waals surface area (Å²) >= 11 is 0. The van der Waals surface area contributed by atoms with E-state index < -0.39 is 5.82 Å². The summed E-state index contributed by atoms with van der Waals surface area (Å²) in [6.07, 6.45) is 1.47. The van der Waals surface area contributed by atoms with Crippen molar-refractivity contribution >= 4 is 5.71 Å². The topological polar surface area (TPSA) is 47.9 Å². The molecule has 0 saturated heterocycles. The lowest BCUT2D eigenvalue weighted by Gasteiger charge is -2.21. The first-order valence-electron chi connectivity index (χ1n) is 11.4. The van der Waals surface area contributed by atoms with Gasteiger partial charge in [-0.2, -0.15) is 0 Å². The lowest BCUT2D eigenvalue weighted by Crippen LogP contribution is -2.37. The SMILES string of the molecule is C=C(CN(C)CC(C)NCC)N=C(C)Cc1ccc(-c2cc(F)c(O)cc2CC)cc1C.